The summed E-state index contributed by atoms with van der Waals surface area (Å²) in [5.74, 6) is -0.252. The number of carbonyl (C=O) groups excluding carboxylic acids is 1. The maximum Gasteiger partial charge on any atom is 0.192 e. The van der Waals surface area contributed by atoms with Crippen LogP contribution in [0.1, 0.15) is 58.2 Å². The van der Waals surface area contributed by atoms with Crippen LogP contribution in [-0.4, -0.2) is 30.0 Å². The standard InChI is InChI=1S/C25H33FN2O2Si/c1-5-31(6-2,7-3)30-25(14-15-29)13-12-20-16-23-19(17-24(20,25)4)18-27-28(23)22-10-8-21(26)9-11-22/h8-11,15-16,18H,5-7,12-14,17H2,1-4H3/t24-,25+/m0/s1. The monoisotopic (exact) mass is 440 g/mol. The summed E-state index contributed by atoms with van der Waals surface area (Å²) < 4.78 is 22.5. The maximum absolute atomic E-state index is 13.4. The van der Waals surface area contributed by atoms with Gasteiger partial charge in [-0.25, -0.2) is 9.07 Å². The molecule has 4 rings (SSSR count). The number of aromatic nitrogens is 2. The van der Waals surface area contributed by atoms with Crippen molar-refractivity contribution < 1.29 is 13.6 Å². The molecule has 0 amide bonds. The summed E-state index contributed by atoms with van der Waals surface area (Å²) in [6.07, 6.45) is 8.30. The van der Waals surface area contributed by atoms with Crippen molar-refractivity contribution >= 4 is 20.7 Å². The van der Waals surface area contributed by atoms with Crippen molar-refractivity contribution in [3.05, 3.63) is 53.1 Å². The number of nitrogens with zero attached hydrogens (tertiary/aromatic N) is 2. The second kappa shape index (κ2) is 8.13. The van der Waals surface area contributed by atoms with Crippen molar-refractivity contribution in [1.82, 2.24) is 9.78 Å². The van der Waals surface area contributed by atoms with Crippen LogP contribution in [0, 0.1) is 11.2 Å². The van der Waals surface area contributed by atoms with Gasteiger partial charge in [-0.05, 0) is 73.3 Å². The highest BCUT2D eigenvalue weighted by Crippen LogP contribution is 2.59. The van der Waals surface area contributed by atoms with E-state index in [1.54, 1.807) is 12.1 Å². The van der Waals surface area contributed by atoms with Gasteiger partial charge in [0.15, 0.2) is 8.32 Å². The molecule has 0 aliphatic heterocycles. The molecule has 2 aliphatic carbocycles. The molecule has 31 heavy (non-hydrogen) atoms. The largest absolute Gasteiger partial charge is 0.410 e. The van der Waals surface area contributed by atoms with Crippen LogP contribution in [0.25, 0.3) is 11.8 Å². The first-order chi connectivity index (χ1) is 14.9. The molecule has 6 heteroatoms. The zero-order valence-electron chi connectivity index (χ0n) is 19.1. The van der Waals surface area contributed by atoms with Gasteiger partial charge in [0.05, 0.1) is 23.2 Å². The molecule has 0 bridgehead atoms. The molecule has 0 saturated heterocycles. The number of fused-ring (bicyclic) bond motifs is 2. The Morgan fingerprint density at radius 3 is 2.48 bits per heavy atom. The van der Waals surface area contributed by atoms with Crippen molar-refractivity contribution in [2.24, 2.45) is 5.41 Å². The molecule has 166 valence electrons. The Balaban J connectivity index is 1.76. The average molecular weight is 441 g/mol. The second-order valence-corrected chi connectivity index (χ2v) is 14.0. The van der Waals surface area contributed by atoms with Gasteiger partial charge in [-0.1, -0.05) is 33.3 Å². The number of carbonyl (C=O) groups is 1. The SMILES string of the molecule is CC[Si](CC)(CC)O[C@@]1(CC=O)CCC2=Cc3c(cnn3-c3ccc(F)cc3)C[C@@]21C. The average Bonchev–Trinajstić information content (AvgIpc) is 3.29. The third-order valence-corrected chi connectivity index (χ3v) is 12.8. The summed E-state index contributed by atoms with van der Waals surface area (Å²) in [6.45, 7) is 9.02. The van der Waals surface area contributed by atoms with E-state index in [2.05, 4.69) is 38.9 Å². The third-order valence-electron chi connectivity index (χ3n) is 8.08. The van der Waals surface area contributed by atoms with Crippen molar-refractivity contribution in [3.8, 4) is 5.69 Å². The maximum atomic E-state index is 13.4. The molecule has 2 aliphatic rings. The Morgan fingerprint density at radius 1 is 1.19 bits per heavy atom. The van der Waals surface area contributed by atoms with Crippen LogP contribution in [0.5, 0.6) is 0 Å². The molecular formula is C25H33FN2O2Si. The topological polar surface area (TPSA) is 44.1 Å². The Hall–Kier alpha value is -2.05. The van der Waals surface area contributed by atoms with Gasteiger partial charge in [0, 0.05) is 11.8 Å². The van der Waals surface area contributed by atoms with Gasteiger partial charge >= 0.3 is 0 Å². The number of hydrogen-bond donors (Lipinski definition) is 0. The summed E-state index contributed by atoms with van der Waals surface area (Å²) in [5, 5.41) is 4.62. The smallest absolute Gasteiger partial charge is 0.192 e. The Kier molecular flexibility index (Phi) is 5.81. The van der Waals surface area contributed by atoms with Gasteiger partial charge in [0.2, 0.25) is 0 Å². The van der Waals surface area contributed by atoms with Gasteiger partial charge in [-0.3, -0.25) is 0 Å². The van der Waals surface area contributed by atoms with Crippen molar-refractivity contribution in [2.45, 2.75) is 77.1 Å². The van der Waals surface area contributed by atoms with Crippen LogP contribution in [0.15, 0.2) is 36.0 Å². The predicted molar refractivity (Wildman–Crippen MR) is 124 cm³/mol. The van der Waals surface area contributed by atoms with Crippen LogP contribution in [0.2, 0.25) is 18.1 Å². The van der Waals surface area contributed by atoms with Crippen LogP contribution in [0.3, 0.4) is 0 Å². The molecule has 0 radical (unpaired) electrons. The van der Waals surface area contributed by atoms with E-state index in [0.717, 1.165) is 60.6 Å². The second-order valence-electron chi connectivity index (χ2n) is 9.33. The molecule has 1 heterocycles. The summed E-state index contributed by atoms with van der Waals surface area (Å²) >= 11 is 0. The molecule has 1 fully saturated rings. The summed E-state index contributed by atoms with van der Waals surface area (Å²) in [6, 6.07) is 9.66. The first kappa shape index (κ1) is 22.2. The van der Waals surface area contributed by atoms with Crippen LogP contribution in [0.4, 0.5) is 4.39 Å². The lowest BCUT2D eigenvalue weighted by molar-refractivity contribution is -0.115. The number of benzene rings is 1. The van der Waals surface area contributed by atoms with E-state index in [4.69, 9.17) is 4.43 Å². The third kappa shape index (κ3) is 3.44. The fourth-order valence-electron chi connectivity index (χ4n) is 5.75. The van der Waals surface area contributed by atoms with Gasteiger partial charge in [-0.2, -0.15) is 5.10 Å². The molecule has 4 nitrogen and oxygen atoms in total. The van der Waals surface area contributed by atoms with Gasteiger partial charge in [0.25, 0.3) is 0 Å². The fraction of sp³-hybridized carbons (Fsp3) is 0.520. The molecule has 1 saturated carbocycles. The molecule has 2 atom stereocenters. The molecule has 1 aromatic heterocycles. The highest BCUT2D eigenvalue weighted by atomic mass is 28.4. The lowest BCUT2D eigenvalue weighted by Crippen LogP contribution is -2.55. The predicted octanol–water partition coefficient (Wildman–Crippen LogP) is 6.10. The molecule has 0 unspecified atom stereocenters. The van der Waals surface area contributed by atoms with Gasteiger partial charge in [-0.15, -0.1) is 0 Å². The van der Waals surface area contributed by atoms with Crippen molar-refractivity contribution in [3.63, 3.8) is 0 Å². The molecule has 1 aromatic carbocycles. The fourth-order valence-corrected chi connectivity index (χ4v) is 8.92. The van der Waals surface area contributed by atoms with E-state index < -0.39 is 13.9 Å². The highest BCUT2D eigenvalue weighted by molar-refractivity contribution is 6.73. The lowest BCUT2D eigenvalue weighted by Gasteiger charge is -2.50. The van der Waals surface area contributed by atoms with Crippen LogP contribution in [-0.2, 0) is 15.6 Å². The minimum absolute atomic E-state index is 0.213. The molecule has 2 aromatic rings. The van der Waals surface area contributed by atoms with E-state index in [-0.39, 0.29) is 11.2 Å². The Labute approximate surface area is 185 Å². The summed E-state index contributed by atoms with van der Waals surface area (Å²) in [4.78, 5) is 11.9. The minimum Gasteiger partial charge on any atom is -0.410 e. The van der Waals surface area contributed by atoms with E-state index in [1.165, 1.54) is 17.7 Å². The zero-order valence-corrected chi connectivity index (χ0v) is 20.1. The van der Waals surface area contributed by atoms with E-state index in [1.807, 2.05) is 10.9 Å². The van der Waals surface area contributed by atoms with Gasteiger partial charge < -0.3 is 9.22 Å². The Bertz CT molecular complexity index is 987. The molecule has 0 spiro atoms. The number of hydrogen-bond acceptors (Lipinski definition) is 3. The molecule has 0 N–H and O–H groups in total. The number of aldehydes is 1. The normalized spacial score (nSPS) is 25.1. The zero-order chi connectivity index (χ0) is 22.3. The first-order valence-corrected chi connectivity index (χ1v) is 14.1. The minimum atomic E-state index is -1.90. The van der Waals surface area contributed by atoms with Crippen LogP contribution < -0.4 is 0 Å². The number of rotatable bonds is 8. The van der Waals surface area contributed by atoms with Crippen molar-refractivity contribution in [2.75, 3.05) is 0 Å². The van der Waals surface area contributed by atoms with Crippen molar-refractivity contribution in [1.29, 1.82) is 0 Å². The van der Waals surface area contributed by atoms with E-state index >= 15 is 0 Å². The van der Waals surface area contributed by atoms with Crippen LogP contribution >= 0.6 is 0 Å². The molecular weight excluding hydrogens is 407 g/mol. The van der Waals surface area contributed by atoms with Gasteiger partial charge in [0.1, 0.15) is 12.1 Å². The summed E-state index contributed by atoms with van der Waals surface area (Å²) in [7, 11) is -1.90. The highest BCUT2D eigenvalue weighted by Gasteiger charge is 2.58. The summed E-state index contributed by atoms with van der Waals surface area (Å²) in [5.41, 5.74) is 3.77. The lowest BCUT2D eigenvalue weighted by atomic mass is 9.66. The first-order valence-electron chi connectivity index (χ1n) is 11.5. The quantitative estimate of drug-likeness (QED) is 0.368. The van der Waals surface area contributed by atoms with E-state index in [0.29, 0.717) is 6.42 Å². The Morgan fingerprint density at radius 2 is 1.87 bits per heavy atom. The van der Waals surface area contributed by atoms with E-state index in [9.17, 15) is 9.18 Å². The number of halogens is 1.